The van der Waals surface area contributed by atoms with Crippen molar-refractivity contribution in [1.29, 1.82) is 0 Å². The van der Waals surface area contributed by atoms with Gasteiger partial charge in [0.05, 0.1) is 0 Å². The second-order valence-corrected chi connectivity index (χ2v) is 2.53. The Morgan fingerprint density at radius 3 is 2.93 bits per heavy atom. The molecule has 0 radical (unpaired) electrons. The molecule has 0 saturated carbocycles. The number of hydrogen-bond acceptors (Lipinski definition) is 5. The lowest BCUT2D eigenvalue weighted by atomic mass is 10.4. The van der Waals surface area contributed by atoms with Gasteiger partial charge in [0, 0.05) is 19.3 Å². The Morgan fingerprint density at radius 2 is 2.36 bits per heavy atom. The first kappa shape index (κ1) is 10.4. The average Bonchev–Trinajstić information content (AvgIpc) is 2.62. The van der Waals surface area contributed by atoms with Crippen molar-refractivity contribution in [2.24, 2.45) is 0 Å². The zero-order valence-electron chi connectivity index (χ0n) is 7.80. The van der Waals surface area contributed by atoms with Crippen LogP contribution in [-0.2, 0) is 9.53 Å². The largest absolute Gasteiger partial charge is 0.478 e. The van der Waals surface area contributed by atoms with Crippen LogP contribution in [0.3, 0.4) is 0 Å². The summed E-state index contributed by atoms with van der Waals surface area (Å²) in [6, 6.07) is 0. The van der Waals surface area contributed by atoms with Crippen molar-refractivity contribution < 1.29 is 19.1 Å². The lowest BCUT2D eigenvalue weighted by molar-refractivity contribution is -0.131. The number of methoxy groups -OCH3 is 1. The van der Waals surface area contributed by atoms with Gasteiger partial charge < -0.3 is 14.3 Å². The maximum atomic E-state index is 10.2. The summed E-state index contributed by atoms with van der Waals surface area (Å²) in [4.78, 5) is 10.2. The number of nitrogens with zero attached hydrogens (tertiary/aromatic N) is 2. The van der Waals surface area contributed by atoms with Crippen LogP contribution in [0.15, 0.2) is 10.5 Å². The van der Waals surface area contributed by atoms with Gasteiger partial charge in [-0.05, 0) is 6.92 Å². The molecule has 6 nitrogen and oxygen atoms in total. The van der Waals surface area contributed by atoms with Crippen LogP contribution in [0.1, 0.15) is 24.8 Å². The van der Waals surface area contributed by atoms with Gasteiger partial charge in [-0.25, -0.2) is 4.79 Å². The molecule has 1 N–H and O–H groups in total. The monoisotopic (exact) mass is 198 g/mol. The Kier molecular flexibility index (Phi) is 3.35. The highest BCUT2D eigenvalue weighted by molar-refractivity contribution is 5.84. The van der Waals surface area contributed by atoms with Crippen LogP contribution in [0.2, 0.25) is 0 Å². The number of aromatic nitrogens is 2. The zero-order chi connectivity index (χ0) is 10.6. The summed E-state index contributed by atoms with van der Waals surface area (Å²) in [5.74, 6) is -0.603. The van der Waals surface area contributed by atoms with Gasteiger partial charge in [-0.15, -0.1) is 10.2 Å². The fourth-order valence-corrected chi connectivity index (χ4v) is 0.722. The summed E-state index contributed by atoms with van der Waals surface area (Å²) in [7, 11) is 1.52. The van der Waals surface area contributed by atoms with Crippen molar-refractivity contribution in [3.8, 4) is 0 Å². The molecule has 0 saturated heterocycles. The summed E-state index contributed by atoms with van der Waals surface area (Å²) in [6.07, 6.45) is 1.85. The van der Waals surface area contributed by atoms with Crippen LogP contribution in [0.4, 0.5) is 0 Å². The minimum absolute atomic E-state index is 0.145. The van der Waals surface area contributed by atoms with E-state index < -0.39 is 5.97 Å². The molecular weight excluding hydrogens is 188 g/mol. The van der Waals surface area contributed by atoms with Gasteiger partial charge in [0.1, 0.15) is 6.10 Å². The Hall–Kier alpha value is -1.69. The van der Waals surface area contributed by atoms with Gasteiger partial charge in [0.2, 0.25) is 11.8 Å². The highest BCUT2D eigenvalue weighted by atomic mass is 16.5. The van der Waals surface area contributed by atoms with E-state index in [1.807, 2.05) is 0 Å². The molecular formula is C8H10N2O4. The molecule has 0 amide bonds. The lowest BCUT2D eigenvalue weighted by Gasteiger charge is -2.00. The van der Waals surface area contributed by atoms with Crippen molar-refractivity contribution >= 4 is 12.0 Å². The van der Waals surface area contributed by atoms with Crippen molar-refractivity contribution in [2.45, 2.75) is 13.0 Å². The predicted octanol–water partition coefficient (Wildman–Crippen LogP) is 0.875. The van der Waals surface area contributed by atoms with Crippen LogP contribution < -0.4 is 0 Å². The van der Waals surface area contributed by atoms with E-state index in [-0.39, 0.29) is 12.0 Å². The number of hydrogen-bond donors (Lipinski definition) is 1. The topological polar surface area (TPSA) is 85.5 Å². The number of carboxylic acids is 1. The van der Waals surface area contributed by atoms with E-state index >= 15 is 0 Å². The standard InChI is InChI=1S/C8H10N2O4/c1-5(13-2)8-10-9-6(14-8)3-4-7(11)12/h3-5H,1-2H3,(H,11,12)/b4-3+. The molecule has 6 heteroatoms. The zero-order valence-corrected chi connectivity index (χ0v) is 7.80. The fraction of sp³-hybridized carbons (Fsp3) is 0.375. The van der Waals surface area contributed by atoms with Crippen LogP contribution in [0.5, 0.6) is 0 Å². The van der Waals surface area contributed by atoms with E-state index in [2.05, 4.69) is 10.2 Å². The average molecular weight is 198 g/mol. The van der Waals surface area contributed by atoms with Gasteiger partial charge in [-0.2, -0.15) is 0 Å². The molecule has 0 aliphatic rings. The fourth-order valence-electron chi connectivity index (χ4n) is 0.722. The number of carboxylic acid groups (broad SMARTS) is 1. The van der Waals surface area contributed by atoms with Crippen molar-refractivity contribution in [2.75, 3.05) is 7.11 Å². The highest BCUT2D eigenvalue weighted by Gasteiger charge is 2.11. The van der Waals surface area contributed by atoms with Crippen LogP contribution in [0.25, 0.3) is 6.08 Å². The smallest absolute Gasteiger partial charge is 0.328 e. The summed E-state index contributed by atoms with van der Waals surface area (Å²) in [5.41, 5.74) is 0. The Balaban J connectivity index is 2.73. The first-order valence-corrected chi connectivity index (χ1v) is 3.90. The van der Waals surface area contributed by atoms with Gasteiger partial charge >= 0.3 is 5.97 Å². The first-order valence-electron chi connectivity index (χ1n) is 3.90. The Morgan fingerprint density at radius 1 is 1.64 bits per heavy atom. The summed E-state index contributed by atoms with van der Waals surface area (Å²) < 4.78 is 10.0. The first-order chi connectivity index (χ1) is 6.63. The molecule has 0 fully saturated rings. The predicted molar refractivity (Wildman–Crippen MR) is 46.4 cm³/mol. The maximum absolute atomic E-state index is 10.2. The molecule has 76 valence electrons. The third-order valence-corrected chi connectivity index (χ3v) is 1.53. The molecule has 14 heavy (non-hydrogen) atoms. The third-order valence-electron chi connectivity index (χ3n) is 1.53. The highest BCUT2D eigenvalue weighted by Crippen LogP contribution is 2.13. The molecule has 0 aliphatic heterocycles. The molecule has 0 aromatic carbocycles. The second kappa shape index (κ2) is 4.52. The van der Waals surface area contributed by atoms with E-state index in [0.29, 0.717) is 5.89 Å². The molecule has 1 aromatic rings. The molecule has 0 spiro atoms. The van der Waals surface area contributed by atoms with Gasteiger partial charge in [0.25, 0.3) is 0 Å². The maximum Gasteiger partial charge on any atom is 0.328 e. The van der Waals surface area contributed by atoms with Crippen molar-refractivity contribution in [1.82, 2.24) is 10.2 Å². The SMILES string of the molecule is COC(C)c1nnc(/C=C/C(=O)O)o1. The molecule has 1 unspecified atom stereocenters. The summed E-state index contributed by atoms with van der Waals surface area (Å²) in [6.45, 7) is 1.75. The van der Waals surface area contributed by atoms with Gasteiger partial charge in [0.15, 0.2) is 0 Å². The molecule has 0 aliphatic carbocycles. The molecule has 1 heterocycles. The molecule has 1 atom stereocenters. The molecule has 1 rings (SSSR count). The molecule has 1 aromatic heterocycles. The van der Waals surface area contributed by atoms with E-state index in [4.69, 9.17) is 14.3 Å². The number of aliphatic carboxylic acids is 1. The molecule has 0 bridgehead atoms. The van der Waals surface area contributed by atoms with Gasteiger partial charge in [-0.1, -0.05) is 0 Å². The number of ether oxygens (including phenoxy) is 1. The Labute approximate surface area is 80.2 Å². The second-order valence-electron chi connectivity index (χ2n) is 2.53. The quantitative estimate of drug-likeness (QED) is 0.722. The van der Waals surface area contributed by atoms with Crippen LogP contribution in [-0.4, -0.2) is 28.4 Å². The van der Waals surface area contributed by atoms with Crippen molar-refractivity contribution in [3.05, 3.63) is 17.9 Å². The van der Waals surface area contributed by atoms with E-state index in [0.717, 1.165) is 6.08 Å². The lowest BCUT2D eigenvalue weighted by Crippen LogP contribution is -1.95. The van der Waals surface area contributed by atoms with Crippen LogP contribution >= 0.6 is 0 Å². The number of carbonyl (C=O) groups is 1. The Bertz CT molecular complexity index is 345. The normalized spacial score (nSPS) is 13.3. The number of rotatable bonds is 4. The van der Waals surface area contributed by atoms with E-state index in [9.17, 15) is 4.79 Å². The van der Waals surface area contributed by atoms with E-state index in [1.54, 1.807) is 6.92 Å². The van der Waals surface area contributed by atoms with Gasteiger partial charge in [-0.3, -0.25) is 0 Å². The van der Waals surface area contributed by atoms with Crippen molar-refractivity contribution in [3.63, 3.8) is 0 Å². The third kappa shape index (κ3) is 2.67. The van der Waals surface area contributed by atoms with Crippen LogP contribution in [0, 0.1) is 0 Å². The van der Waals surface area contributed by atoms with E-state index in [1.165, 1.54) is 13.2 Å². The summed E-state index contributed by atoms with van der Waals surface area (Å²) >= 11 is 0. The summed E-state index contributed by atoms with van der Waals surface area (Å²) in [5, 5.41) is 15.6. The minimum Gasteiger partial charge on any atom is -0.478 e. The minimum atomic E-state index is -1.07.